The van der Waals surface area contributed by atoms with E-state index in [1.165, 1.54) is 12.8 Å². The highest BCUT2D eigenvalue weighted by Crippen LogP contribution is 2.25. The van der Waals surface area contributed by atoms with Crippen molar-refractivity contribution in [2.45, 2.75) is 25.9 Å². The summed E-state index contributed by atoms with van der Waals surface area (Å²) in [6.07, 6.45) is 1.77. The fourth-order valence-electron chi connectivity index (χ4n) is 3.34. The van der Waals surface area contributed by atoms with E-state index in [-0.39, 0.29) is 12.6 Å². The molecule has 0 saturated carbocycles. The molecule has 2 aromatic carbocycles. The molecule has 4 N–H and O–H groups in total. The Hall–Kier alpha value is -2.81. The Labute approximate surface area is 197 Å². The van der Waals surface area contributed by atoms with Crippen LogP contribution in [0, 0.1) is 0 Å². The van der Waals surface area contributed by atoms with Crippen molar-refractivity contribution in [2.75, 3.05) is 58.3 Å². The summed E-state index contributed by atoms with van der Waals surface area (Å²) in [7, 11) is 1.59. The van der Waals surface area contributed by atoms with Gasteiger partial charge in [0.15, 0.2) is 11.5 Å². The lowest BCUT2D eigenvalue weighted by atomic mass is 10.2. The van der Waals surface area contributed by atoms with Crippen LogP contribution in [0.1, 0.15) is 19.8 Å². The molecule has 1 fully saturated rings. The lowest BCUT2D eigenvalue weighted by Gasteiger charge is -2.35. The lowest BCUT2D eigenvalue weighted by Crippen LogP contribution is -2.51. The number of ether oxygens (including phenoxy) is 2. The maximum absolute atomic E-state index is 12.3. The van der Waals surface area contributed by atoms with Gasteiger partial charge in [0, 0.05) is 38.4 Å². The van der Waals surface area contributed by atoms with Crippen molar-refractivity contribution in [1.82, 2.24) is 9.80 Å². The van der Waals surface area contributed by atoms with E-state index in [1.807, 2.05) is 54.6 Å². The zero-order valence-electron chi connectivity index (χ0n) is 19.8. The third-order valence-electron chi connectivity index (χ3n) is 5.21. The third-order valence-corrected chi connectivity index (χ3v) is 5.21. The van der Waals surface area contributed by atoms with Crippen LogP contribution >= 0.6 is 0 Å². The number of anilines is 1. The molecule has 1 atom stereocenters. The number of piperazine rings is 1. The van der Waals surface area contributed by atoms with Crippen LogP contribution in [0.3, 0.4) is 0 Å². The minimum absolute atomic E-state index is 0.0918. The van der Waals surface area contributed by atoms with Gasteiger partial charge < -0.3 is 30.5 Å². The summed E-state index contributed by atoms with van der Waals surface area (Å²) < 4.78 is 10.9. The van der Waals surface area contributed by atoms with Gasteiger partial charge in [0.05, 0.1) is 7.11 Å². The maximum atomic E-state index is 12.3. The van der Waals surface area contributed by atoms with Gasteiger partial charge in [-0.05, 0) is 37.2 Å². The summed E-state index contributed by atoms with van der Waals surface area (Å²) in [6, 6.07) is 16.7. The van der Waals surface area contributed by atoms with Crippen molar-refractivity contribution < 1.29 is 19.4 Å². The van der Waals surface area contributed by atoms with Crippen LogP contribution in [-0.2, 0) is 0 Å². The van der Waals surface area contributed by atoms with Crippen LogP contribution < -0.4 is 20.5 Å². The summed E-state index contributed by atoms with van der Waals surface area (Å²) in [6.45, 7) is 6.35. The number of urea groups is 1. The van der Waals surface area contributed by atoms with Gasteiger partial charge in [-0.25, -0.2) is 4.79 Å². The van der Waals surface area contributed by atoms with Gasteiger partial charge in [-0.2, -0.15) is 0 Å². The quantitative estimate of drug-likeness (QED) is 0.534. The number of rotatable bonds is 9. The standard InChI is InChI=1S/C21H27N3O4.C4H11N/c1-27-19-9-5-6-10-20(19)28-16-18(25)15-23-11-13-24(14-12-23)21(26)22-17-7-3-2-4-8-17;1-2-3-4-5/h2-10,18,25H,11-16H2,1H3,(H,22,26);2-5H2,1H3. The summed E-state index contributed by atoms with van der Waals surface area (Å²) in [5.41, 5.74) is 5.93. The van der Waals surface area contributed by atoms with E-state index in [1.54, 1.807) is 12.0 Å². The minimum atomic E-state index is -0.616. The molecule has 8 nitrogen and oxygen atoms in total. The molecule has 1 unspecified atom stereocenters. The van der Waals surface area contributed by atoms with Crippen LogP contribution in [0.25, 0.3) is 0 Å². The second kappa shape index (κ2) is 15.1. The SMILES string of the molecule is CCCCN.COc1ccccc1OCC(O)CN1CCN(C(=O)Nc2ccccc2)CC1. The number of aliphatic hydroxyl groups is 1. The minimum Gasteiger partial charge on any atom is -0.493 e. The van der Waals surface area contributed by atoms with Gasteiger partial charge >= 0.3 is 6.03 Å². The summed E-state index contributed by atoms with van der Waals surface area (Å²) in [5.74, 6) is 1.26. The first-order chi connectivity index (χ1) is 16.1. The molecule has 1 saturated heterocycles. The highest BCUT2D eigenvalue weighted by Gasteiger charge is 2.23. The number of unbranched alkanes of at least 4 members (excludes halogenated alkanes) is 1. The zero-order chi connectivity index (χ0) is 23.9. The van der Waals surface area contributed by atoms with Crippen molar-refractivity contribution in [2.24, 2.45) is 5.73 Å². The van der Waals surface area contributed by atoms with E-state index in [4.69, 9.17) is 15.2 Å². The Morgan fingerprint density at radius 1 is 1.06 bits per heavy atom. The second-order valence-corrected chi connectivity index (χ2v) is 7.84. The molecular weight excluding hydrogens is 420 g/mol. The number of hydrogen-bond donors (Lipinski definition) is 3. The number of nitrogens with one attached hydrogen (secondary N) is 1. The highest BCUT2D eigenvalue weighted by atomic mass is 16.5. The lowest BCUT2D eigenvalue weighted by molar-refractivity contribution is 0.0519. The number of β-amino-alcohol motifs (C(OH)–C–C–N with tert-alkyl or cyclic N) is 1. The number of nitrogens with two attached hydrogens (primary N) is 1. The number of para-hydroxylation sites is 3. The molecule has 0 aromatic heterocycles. The third kappa shape index (κ3) is 9.69. The monoisotopic (exact) mass is 458 g/mol. The maximum Gasteiger partial charge on any atom is 0.321 e. The van der Waals surface area contributed by atoms with Gasteiger partial charge in [-0.1, -0.05) is 43.7 Å². The van der Waals surface area contributed by atoms with Gasteiger partial charge in [0.2, 0.25) is 0 Å². The Bertz CT molecular complexity index is 796. The molecule has 0 radical (unpaired) electrons. The first kappa shape index (κ1) is 26.4. The smallest absolute Gasteiger partial charge is 0.321 e. The Morgan fingerprint density at radius 3 is 2.27 bits per heavy atom. The predicted molar refractivity (Wildman–Crippen MR) is 132 cm³/mol. The fraction of sp³-hybridized carbons (Fsp3) is 0.480. The number of aliphatic hydroxyl groups excluding tert-OH is 1. The summed E-state index contributed by atoms with van der Waals surface area (Å²) in [4.78, 5) is 16.3. The molecule has 0 aliphatic carbocycles. The number of carbonyl (C=O) groups is 1. The molecule has 1 aliphatic heterocycles. The topological polar surface area (TPSA) is 100 Å². The Balaban J connectivity index is 0.000000696. The molecule has 0 bridgehead atoms. The average Bonchev–Trinajstić information content (AvgIpc) is 2.85. The number of amides is 2. The van der Waals surface area contributed by atoms with Crippen LogP contribution in [0.2, 0.25) is 0 Å². The van der Waals surface area contributed by atoms with E-state index >= 15 is 0 Å². The molecular formula is C25H38N4O4. The van der Waals surface area contributed by atoms with E-state index in [2.05, 4.69) is 17.1 Å². The van der Waals surface area contributed by atoms with E-state index in [9.17, 15) is 9.90 Å². The molecule has 182 valence electrons. The first-order valence-electron chi connectivity index (χ1n) is 11.5. The summed E-state index contributed by atoms with van der Waals surface area (Å²) in [5, 5.41) is 13.2. The molecule has 0 spiro atoms. The van der Waals surface area contributed by atoms with Crippen molar-refractivity contribution in [1.29, 1.82) is 0 Å². The number of carbonyl (C=O) groups excluding carboxylic acids is 1. The molecule has 2 aromatic rings. The number of methoxy groups -OCH3 is 1. The van der Waals surface area contributed by atoms with Crippen molar-refractivity contribution >= 4 is 11.7 Å². The zero-order valence-corrected chi connectivity index (χ0v) is 19.8. The highest BCUT2D eigenvalue weighted by molar-refractivity contribution is 5.89. The molecule has 1 heterocycles. The van der Waals surface area contributed by atoms with E-state index < -0.39 is 6.10 Å². The molecule has 3 rings (SSSR count). The van der Waals surface area contributed by atoms with Crippen LogP contribution in [0.4, 0.5) is 10.5 Å². The van der Waals surface area contributed by atoms with Crippen molar-refractivity contribution in [3.05, 3.63) is 54.6 Å². The second-order valence-electron chi connectivity index (χ2n) is 7.84. The fourth-order valence-corrected chi connectivity index (χ4v) is 3.34. The predicted octanol–water partition coefficient (Wildman–Crippen LogP) is 3.03. The Morgan fingerprint density at radius 2 is 1.70 bits per heavy atom. The molecule has 8 heteroatoms. The normalized spacial score (nSPS) is 14.6. The van der Waals surface area contributed by atoms with Gasteiger partial charge in [-0.3, -0.25) is 4.90 Å². The van der Waals surface area contributed by atoms with Crippen molar-refractivity contribution in [3.63, 3.8) is 0 Å². The molecule has 33 heavy (non-hydrogen) atoms. The van der Waals surface area contributed by atoms with Crippen LogP contribution in [0.15, 0.2) is 54.6 Å². The largest absolute Gasteiger partial charge is 0.493 e. The van der Waals surface area contributed by atoms with Gasteiger partial charge in [0.1, 0.15) is 12.7 Å². The molecule has 1 aliphatic rings. The van der Waals surface area contributed by atoms with E-state index in [0.29, 0.717) is 44.2 Å². The van der Waals surface area contributed by atoms with Gasteiger partial charge in [0.25, 0.3) is 0 Å². The van der Waals surface area contributed by atoms with E-state index in [0.717, 1.165) is 12.2 Å². The van der Waals surface area contributed by atoms with Crippen molar-refractivity contribution in [3.8, 4) is 11.5 Å². The van der Waals surface area contributed by atoms with Crippen LogP contribution in [-0.4, -0.2) is 80.0 Å². The first-order valence-corrected chi connectivity index (χ1v) is 11.5. The Kier molecular flexibility index (Phi) is 12.1. The molecule has 2 amide bonds. The number of hydrogen-bond acceptors (Lipinski definition) is 6. The number of nitrogens with zero attached hydrogens (tertiary/aromatic N) is 2. The van der Waals surface area contributed by atoms with Gasteiger partial charge in [-0.15, -0.1) is 0 Å². The van der Waals surface area contributed by atoms with Crippen LogP contribution in [0.5, 0.6) is 11.5 Å². The summed E-state index contributed by atoms with van der Waals surface area (Å²) >= 11 is 0. The number of benzene rings is 2. The average molecular weight is 459 g/mol.